The average Bonchev–Trinajstić information content (AvgIpc) is 2.86. The van der Waals surface area contributed by atoms with Gasteiger partial charge in [-0.1, -0.05) is 0 Å². The number of methoxy groups -OCH3 is 1. The summed E-state index contributed by atoms with van der Waals surface area (Å²) in [5.74, 6) is 0. The molecule has 3 heteroatoms. The molecule has 2 saturated carbocycles. The van der Waals surface area contributed by atoms with Gasteiger partial charge in [0.25, 0.3) is 0 Å². The number of ether oxygens (including phenoxy) is 1. The molecule has 0 aromatic rings. The van der Waals surface area contributed by atoms with Gasteiger partial charge in [0.1, 0.15) is 0 Å². The number of nitriles is 1. The summed E-state index contributed by atoms with van der Waals surface area (Å²) in [6.07, 6.45) is 7.18. The Morgan fingerprint density at radius 2 is 2.27 bits per heavy atom. The third-order valence-corrected chi connectivity index (χ3v) is 3.89. The van der Waals surface area contributed by atoms with Gasteiger partial charge in [-0.2, -0.15) is 5.26 Å². The average molecular weight is 208 g/mol. The maximum atomic E-state index is 8.72. The van der Waals surface area contributed by atoms with Gasteiger partial charge in [0.2, 0.25) is 0 Å². The second kappa shape index (κ2) is 4.51. The zero-order valence-corrected chi connectivity index (χ0v) is 9.46. The maximum absolute atomic E-state index is 8.72. The molecule has 0 aromatic heterocycles. The molecule has 2 unspecified atom stereocenters. The van der Waals surface area contributed by atoms with Gasteiger partial charge < -0.3 is 10.1 Å². The second-order valence-electron chi connectivity index (χ2n) is 5.08. The van der Waals surface area contributed by atoms with Crippen LogP contribution in [0.15, 0.2) is 0 Å². The van der Waals surface area contributed by atoms with Crippen molar-refractivity contribution in [3.63, 3.8) is 0 Å². The van der Waals surface area contributed by atoms with Crippen molar-refractivity contribution in [2.75, 3.05) is 13.7 Å². The van der Waals surface area contributed by atoms with Crippen molar-refractivity contribution in [2.24, 2.45) is 5.41 Å². The molecule has 3 nitrogen and oxygen atoms in total. The van der Waals surface area contributed by atoms with E-state index in [9.17, 15) is 0 Å². The Morgan fingerprint density at radius 1 is 1.47 bits per heavy atom. The van der Waals surface area contributed by atoms with Gasteiger partial charge in [0.05, 0.1) is 12.2 Å². The highest BCUT2D eigenvalue weighted by molar-refractivity contribution is 5.01. The first-order valence-corrected chi connectivity index (χ1v) is 5.91. The van der Waals surface area contributed by atoms with E-state index in [-0.39, 0.29) is 0 Å². The van der Waals surface area contributed by atoms with E-state index in [2.05, 4.69) is 11.4 Å². The molecule has 0 aliphatic heterocycles. The zero-order valence-electron chi connectivity index (χ0n) is 9.46. The van der Waals surface area contributed by atoms with Gasteiger partial charge in [-0.15, -0.1) is 0 Å². The van der Waals surface area contributed by atoms with Crippen molar-refractivity contribution in [1.29, 1.82) is 5.26 Å². The number of nitrogens with zero attached hydrogens (tertiary/aromatic N) is 1. The van der Waals surface area contributed by atoms with E-state index in [1.54, 1.807) is 7.11 Å². The van der Waals surface area contributed by atoms with E-state index in [0.29, 0.717) is 17.6 Å². The Kier molecular flexibility index (Phi) is 3.28. The molecule has 0 heterocycles. The fourth-order valence-corrected chi connectivity index (χ4v) is 2.46. The predicted molar refractivity (Wildman–Crippen MR) is 58.3 cm³/mol. The van der Waals surface area contributed by atoms with Crippen LogP contribution in [0.1, 0.15) is 38.5 Å². The van der Waals surface area contributed by atoms with Crippen molar-refractivity contribution >= 4 is 0 Å². The van der Waals surface area contributed by atoms with E-state index in [1.165, 1.54) is 25.7 Å². The summed E-state index contributed by atoms with van der Waals surface area (Å²) in [5.41, 5.74) is 0.333. The normalized spacial score (nSPS) is 32.5. The second-order valence-corrected chi connectivity index (χ2v) is 5.08. The molecule has 0 radical (unpaired) electrons. The molecule has 0 spiro atoms. The van der Waals surface area contributed by atoms with Crippen molar-refractivity contribution in [2.45, 2.75) is 50.7 Å². The fourth-order valence-electron chi connectivity index (χ4n) is 2.46. The lowest BCUT2D eigenvalue weighted by Gasteiger charge is -2.17. The van der Waals surface area contributed by atoms with Crippen LogP contribution >= 0.6 is 0 Å². The van der Waals surface area contributed by atoms with E-state index in [0.717, 1.165) is 19.4 Å². The first kappa shape index (κ1) is 10.9. The summed E-state index contributed by atoms with van der Waals surface area (Å²) in [6, 6.07) is 2.92. The lowest BCUT2D eigenvalue weighted by Crippen LogP contribution is -2.32. The minimum Gasteiger partial charge on any atom is -0.381 e. The highest BCUT2D eigenvalue weighted by Crippen LogP contribution is 2.48. The lowest BCUT2D eigenvalue weighted by molar-refractivity contribution is 0.106. The topological polar surface area (TPSA) is 45.0 Å². The number of rotatable bonds is 5. The van der Waals surface area contributed by atoms with Crippen LogP contribution in [-0.4, -0.2) is 25.8 Å². The first-order chi connectivity index (χ1) is 7.28. The summed E-state index contributed by atoms with van der Waals surface area (Å²) < 4.78 is 5.34. The van der Waals surface area contributed by atoms with Crippen molar-refractivity contribution in [1.82, 2.24) is 5.32 Å². The molecule has 2 atom stereocenters. The van der Waals surface area contributed by atoms with E-state index >= 15 is 0 Å². The Bertz CT molecular complexity index is 255. The van der Waals surface area contributed by atoms with Crippen LogP contribution < -0.4 is 5.32 Å². The van der Waals surface area contributed by atoms with Crippen LogP contribution in [0.3, 0.4) is 0 Å². The predicted octanol–water partition coefficient (Wildman–Crippen LogP) is 1.84. The number of nitrogens with one attached hydrogen (secondary N) is 1. The van der Waals surface area contributed by atoms with Gasteiger partial charge in [0, 0.05) is 26.1 Å². The minimum absolute atomic E-state index is 0.333. The van der Waals surface area contributed by atoms with Crippen LogP contribution in [0.5, 0.6) is 0 Å². The van der Waals surface area contributed by atoms with Gasteiger partial charge in [-0.25, -0.2) is 0 Å². The fraction of sp³-hybridized carbons (Fsp3) is 0.917. The quantitative estimate of drug-likeness (QED) is 0.749. The zero-order chi connectivity index (χ0) is 10.7. The van der Waals surface area contributed by atoms with Crippen molar-refractivity contribution in [3.8, 4) is 6.07 Å². The molecule has 0 aromatic carbocycles. The smallest absolute Gasteiger partial charge is 0.0628 e. The first-order valence-electron chi connectivity index (χ1n) is 5.91. The summed E-state index contributed by atoms with van der Waals surface area (Å²) in [5, 5.41) is 12.3. The molecule has 2 rings (SSSR count). The SMILES string of the molecule is COC1CCC(NCC2(CC#N)CC2)C1. The monoisotopic (exact) mass is 208 g/mol. The van der Waals surface area contributed by atoms with Gasteiger partial charge in [-0.05, 0) is 37.5 Å². The third-order valence-electron chi connectivity index (χ3n) is 3.89. The van der Waals surface area contributed by atoms with Crippen LogP contribution in [0.4, 0.5) is 0 Å². The molecule has 1 N–H and O–H groups in total. The molecule has 2 fully saturated rings. The standard InChI is InChI=1S/C12H20N2O/c1-15-11-3-2-10(8-11)14-9-12(4-5-12)6-7-13/h10-11,14H,2-6,8-9H2,1H3. The van der Waals surface area contributed by atoms with Crippen molar-refractivity contribution < 1.29 is 4.74 Å². The van der Waals surface area contributed by atoms with Crippen molar-refractivity contribution in [3.05, 3.63) is 0 Å². The van der Waals surface area contributed by atoms with E-state index in [4.69, 9.17) is 10.00 Å². The Balaban J connectivity index is 1.69. The highest BCUT2D eigenvalue weighted by atomic mass is 16.5. The Morgan fingerprint density at radius 3 is 2.80 bits per heavy atom. The molecule has 84 valence electrons. The summed E-state index contributed by atoms with van der Waals surface area (Å²) >= 11 is 0. The molecule has 0 amide bonds. The summed E-state index contributed by atoms with van der Waals surface area (Å²) in [7, 11) is 1.80. The molecule has 2 aliphatic rings. The van der Waals surface area contributed by atoms with E-state index in [1.807, 2.05) is 0 Å². The number of hydrogen-bond donors (Lipinski definition) is 1. The minimum atomic E-state index is 0.333. The van der Waals surface area contributed by atoms with E-state index < -0.39 is 0 Å². The molecular weight excluding hydrogens is 188 g/mol. The lowest BCUT2D eigenvalue weighted by atomic mass is 10.0. The molecule has 0 bridgehead atoms. The van der Waals surface area contributed by atoms with Gasteiger partial charge in [0.15, 0.2) is 0 Å². The van der Waals surface area contributed by atoms with Gasteiger partial charge in [-0.3, -0.25) is 0 Å². The van der Waals surface area contributed by atoms with Crippen LogP contribution in [0, 0.1) is 16.7 Å². The molecule has 2 aliphatic carbocycles. The van der Waals surface area contributed by atoms with Gasteiger partial charge >= 0.3 is 0 Å². The number of hydrogen-bond acceptors (Lipinski definition) is 3. The maximum Gasteiger partial charge on any atom is 0.0628 e. The third kappa shape index (κ3) is 2.70. The summed E-state index contributed by atoms with van der Waals surface area (Å²) in [4.78, 5) is 0. The van der Waals surface area contributed by atoms with Crippen LogP contribution in [-0.2, 0) is 4.74 Å². The Hall–Kier alpha value is -0.590. The molecular formula is C12H20N2O. The molecule has 0 saturated heterocycles. The summed E-state index contributed by atoms with van der Waals surface area (Å²) in [6.45, 7) is 1.03. The van der Waals surface area contributed by atoms with Crippen LogP contribution in [0.2, 0.25) is 0 Å². The largest absolute Gasteiger partial charge is 0.381 e. The highest BCUT2D eigenvalue weighted by Gasteiger charge is 2.42. The molecule has 15 heavy (non-hydrogen) atoms. The Labute approximate surface area is 91.8 Å². The van der Waals surface area contributed by atoms with Crippen LogP contribution in [0.25, 0.3) is 0 Å².